The fraction of sp³-hybridized carbons (Fsp3) is 0.444. The minimum absolute atomic E-state index is 0.0736. The summed E-state index contributed by atoms with van der Waals surface area (Å²) in [5.74, 6) is 0.474. The van der Waals surface area contributed by atoms with Crippen molar-refractivity contribution in [1.82, 2.24) is 10.1 Å². The van der Waals surface area contributed by atoms with Gasteiger partial charge in [-0.25, -0.2) is 0 Å². The Hall–Kier alpha value is -2.14. The van der Waals surface area contributed by atoms with Gasteiger partial charge in [-0.2, -0.15) is 0 Å². The van der Waals surface area contributed by atoms with Gasteiger partial charge in [0, 0.05) is 17.8 Å². The van der Waals surface area contributed by atoms with Crippen LogP contribution in [0.15, 0.2) is 47.2 Å². The van der Waals surface area contributed by atoms with Crippen LogP contribution in [-0.2, 0) is 0 Å². The predicted octanol–water partition coefficient (Wildman–Crippen LogP) is 2.80. The van der Waals surface area contributed by atoms with E-state index in [1.165, 1.54) is 6.26 Å². The number of nitrogens with zero attached hydrogens (tertiary/aromatic N) is 3. The molecule has 2 aromatic rings. The molecule has 0 saturated carbocycles. The molecule has 4 heterocycles. The molecule has 2 atom stereocenters. The van der Waals surface area contributed by atoms with Gasteiger partial charge in [0.15, 0.2) is 5.69 Å². The monoisotopic (exact) mass is 311 g/mol. The average molecular weight is 311 g/mol. The van der Waals surface area contributed by atoms with Crippen LogP contribution in [0.5, 0.6) is 0 Å². The second-order valence-corrected chi connectivity index (χ2v) is 6.50. The van der Waals surface area contributed by atoms with E-state index < -0.39 is 0 Å². The van der Waals surface area contributed by atoms with Crippen LogP contribution < -0.4 is 4.90 Å². The summed E-state index contributed by atoms with van der Waals surface area (Å²) in [6.45, 7) is 4.52. The number of anilines is 1. The summed E-state index contributed by atoms with van der Waals surface area (Å²) in [6, 6.07) is 12.1. The van der Waals surface area contributed by atoms with Gasteiger partial charge in [0.25, 0.3) is 5.91 Å². The van der Waals surface area contributed by atoms with Crippen molar-refractivity contribution in [2.75, 3.05) is 18.0 Å². The number of carbonyl (C=O) groups excluding carboxylic acids is 1. The maximum atomic E-state index is 13.1. The lowest BCUT2D eigenvalue weighted by atomic mass is 9.78. The van der Waals surface area contributed by atoms with Gasteiger partial charge in [-0.15, -0.1) is 0 Å². The molecule has 2 bridgehead atoms. The molecule has 0 radical (unpaired) electrons. The quantitative estimate of drug-likeness (QED) is 0.874. The molecule has 0 N–H and O–H groups in total. The van der Waals surface area contributed by atoms with Crippen molar-refractivity contribution >= 4 is 11.6 Å². The Morgan fingerprint density at radius 2 is 1.96 bits per heavy atom. The molecule has 1 aromatic heterocycles. The molecular weight excluding hydrogens is 290 g/mol. The van der Waals surface area contributed by atoms with Gasteiger partial charge < -0.3 is 9.42 Å². The number of aromatic nitrogens is 1. The average Bonchev–Trinajstić information content (AvgIpc) is 3.13. The van der Waals surface area contributed by atoms with Gasteiger partial charge in [0.2, 0.25) is 0 Å². The Morgan fingerprint density at radius 3 is 2.57 bits per heavy atom. The molecular formula is C18H21N3O2. The van der Waals surface area contributed by atoms with Crippen molar-refractivity contribution in [3.8, 4) is 0 Å². The van der Waals surface area contributed by atoms with Crippen LogP contribution >= 0.6 is 0 Å². The number of benzene rings is 1. The Balaban J connectivity index is 1.75. The SMILES string of the molecule is C[C@H]1[C@H](N(C(=O)c2ccon2)c2ccccc2)C2CCN1CC2. The number of hydrogen-bond acceptors (Lipinski definition) is 4. The number of fused-ring (bicyclic) bond motifs is 3. The number of amides is 1. The fourth-order valence-electron chi connectivity index (χ4n) is 4.16. The highest BCUT2D eigenvalue weighted by molar-refractivity contribution is 6.05. The first-order valence-electron chi connectivity index (χ1n) is 8.29. The highest BCUT2D eigenvalue weighted by Gasteiger charge is 2.45. The topological polar surface area (TPSA) is 49.6 Å². The highest BCUT2D eigenvalue weighted by atomic mass is 16.5. The van der Waals surface area contributed by atoms with E-state index in [-0.39, 0.29) is 11.9 Å². The Morgan fingerprint density at radius 1 is 1.22 bits per heavy atom. The van der Waals surface area contributed by atoms with E-state index in [0.29, 0.717) is 17.7 Å². The largest absolute Gasteiger partial charge is 0.364 e. The zero-order valence-corrected chi connectivity index (χ0v) is 13.3. The van der Waals surface area contributed by atoms with Gasteiger partial charge in [-0.05, 0) is 50.9 Å². The zero-order valence-electron chi connectivity index (χ0n) is 13.3. The number of piperidine rings is 3. The van der Waals surface area contributed by atoms with Gasteiger partial charge in [0.1, 0.15) is 6.26 Å². The Bertz CT molecular complexity index is 661. The van der Waals surface area contributed by atoms with Crippen molar-refractivity contribution in [1.29, 1.82) is 0 Å². The van der Waals surface area contributed by atoms with E-state index in [9.17, 15) is 4.79 Å². The van der Waals surface area contributed by atoms with Crippen LogP contribution in [-0.4, -0.2) is 41.1 Å². The van der Waals surface area contributed by atoms with Gasteiger partial charge in [-0.3, -0.25) is 9.69 Å². The summed E-state index contributed by atoms with van der Waals surface area (Å²) in [7, 11) is 0. The maximum absolute atomic E-state index is 13.1. The lowest BCUT2D eigenvalue weighted by Gasteiger charge is -2.53. The number of hydrogen-bond donors (Lipinski definition) is 0. The van der Waals surface area contributed by atoms with Crippen molar-refractivity contribution in [3.63, 3.8) is 0 Å². The second kappa shape index (κ2) is 5.81. The maximum Gasteiger partial charge on any atom is 0.280 e. The predicted molar refractivity (Wildman–Crippen MR) is 87.3 cm³/mol. The van der Waals surface area contributed by atoms with E-state index in [1.807, 2.05) is 35.2 Å². The third kappa shape index (κ3) is 2.45. The molecule has 23 heavy (non-hydrogen) atoms. The summed E-state index contributed by atoms with van der Waals surface area (Å²) in [6.07, 6.45) is 3.77. The molecule has 0 spiro atoms. The first-order chi connectivity index (χ1) is 11.3. The number of rotatable bonds is 3. The van der Waals surface area contributed by atoms with E-state index in [4.69, 9.17) is 4.52 Å². The highest BCUT2D eigenvalue weighted by Crippen LogP contribution is 2.38. The van der Waals surface area contributed by atoms with E-state index in [0.717, 1.165) is 31.6 Å². The van der Waals surface area contributed by atoms with E-state index in [1.54, 1.807) is 6.07 Å². The summed E-state index contributed by atoms with van der Waals surface area (Å²) in [5.41, 5.74) is 1.31. The number of carbonyl (C=O) groups is 1. The third-order valence-corrected chi connectivity index (χ3v) is 5.34. The lowest BCUT2D eigenvalue weighted by molar-refractivity contribution is 0.0326. The van der Waals surface area contributed by atoms with Crippen LogP contribution in [0.25, 0.3) is 0 Å². The molecule has 5 rings (SSSR count). The van der Waals surface area contributed by atoms with Crippen molar-refractivity contribution in [2.45, 2.75) is 31.8 Å². The molecule has 3 aliphatic heterocycles. The molecule has 1 amide bonds. The fourth-order valence-corrected chi connectivity index (χ4v) is 4.16. The molecule has 3 saturated heterocycles. The molecule has 0 unspecified atom stereocenters. The minimum atomic E-state index is -0.0736. The van der Waals surface area contributed by atoms with Gasteiger partial charge in [-0.1, -0.05) is 23.4 Å². The molecule has 3 aliphatic rings. The lowest BCUT2D eigenvalue weighted by Crippen LogP contribution is -2.63. The normalized spacial score (nSPS) is 29.4. The van der Waals surface area contributed by atoms with Crippen LogP contribution in [0.1, 0.15) is 30.3 Å². The standard InChI is InChI=1S/C18H21N3O2/c1-13-17(14-7-10-20(13)11-8-14)21(15-5-3-2-4-6-15)18(22)16-9-12-23-19-16/h2-6,9,12-14,17H,7-8,10-11H2,1H3/t13-,17-/m0/s1. The number of para-hydroxylation sites is 1. The first-order valence-corrected chi connectivity index (χ1v) is 8.29. The second-order valence-electron chi connectivity index (χ2n) is 6.50. The van der Waals surface area contributed by atoms with Gasteiger partial charge in [0.05, 0.1) is 6.04 Å². The third-order valence-electron chi connectivity index (χ3n) is 5.34. The Labute approximate surface area is 135 Å². The van der Waals surface area contributed by atoms with Crippen LogP contribution in [0.4, 0.5) is 5.69 Å². The van der Waals surface area contributed by atoms with E-state index in [2.05, 4.69) is 17.0 Å². The van der Waals surface area contributed by atoms with Crippen LogP contribution in [0, 0.1) is 5.92 Å². The molecule has 0 aliphatic carbocycles. The van der Waals surface area contributed by atoms with Crippen LogP contribution in [0.3, 0.4) is 0 Å². The first kappa shape index (κ1) is 14.5. The molecule has 5 heteroatoms. The van der Waals surface area contributed by atoms with Gasteiger partial charge >= 0.3 is 0 Å². The summed E-state index contributed by atoms with van der Waals surface area (Å²) in [5, 5.41) is 3.86. The van der Waals surface area contributed by atoms with Crippen molar-refractivity contribution in [2.24, 2.45) is 5.92 Å². The molecule has 120 valence electrons. The van der Waals surface area contributed by atoms with Crippen molar-refractivity contribution in [3.05, 3.63) is 48.4 Å². The van der Waals surface area contributed by atoms with Crippen molar-refractivity contribution < 1.29 is 9.32 Å². The molecule has 3 fully saturated rings. The Kier molecular flexibility index (Phi) is 3.65. The van der Waals surface area contributed by atoms with Crippen LogP contribution in [0.2, 0.25) is 0 Å². The minimum Gasteiger partial charge on any atom is -0.364 e. The molecule has 1 aromatic carbocycles. The van der Waals surface area contributed by atoms with E-state index >= 15 is 0 Å². The molecule has 5 nitrogen and oxygen atoms in total. The smallest absolute Gasteiger partial charge is 0.280 e. The summed E-state index contributed by atoms with van der Waals surface area (Å²) >= 11 is 0. The summed E-state index contributed by atoms with van der Waals surface area (Å²) in [4.78, 5) is 17.6. The zero-order chi connectivity index (χ0) is 15.8. The summed E-state index contributed by atoms with van der Waals surface area (Å²) < 4.78 is 4.89.